The highest BCUT2D eigenvalue weighted by Gasteiger charge is 2.10. The Balaban J connectivity index is 3.22. The Kier molecular flexibility index (Phi) is 16.5. The van der Waals surface area contributed by atoms with E-state index in [0.29, 0.717) is 4.83 Å². The topological polar surface area (TPSA) is 0 Å². The highest BCUT2D eigenvalue weighted by molar-refractivity contribution is 14.1. The summed E-state index contributed by atoms with van der Waals surface area (Å²) >= 11 is 9.90. The molecule has 2 atom stereocenters. The van der Waals surface area contributed by atoms with Gasteiger partial charge >= 0.3 is 0 Å². The van der Waals surface area contributed by atoms with Gasteiger partial charge in [0.25, 0.3) is 0 Å². The fourth-order valence-electron chi connectivity index (χ4n) is 2.13. The van der Waals surface area contributed by atoms with Gasteiger partial charge in [-0.15, -0.1) is 0 Å². The summed E-state index contributed by atoms with van der Waals surface area (Å²) in [4.78, 5) is 0.702. The minimum absolute atomic E-state index is 0.702. The fraction of sp³-hybridized carbons (Fsp3) is 1.00. The van der Waals surface area contributed by atoms with E-state index >= 15 is 0 Å². The highest BCUT2D eigenvalue weighted by Crippen LogP contribution is 2.23. The summed E-state index contributed by atoms with van der Waals surface area (Å²) in [6.45, 7) is 2.28. The van der Waals surface area contributed by atoms with Gasteiger partial charge in [0.15, 0.2) is 0 Å². The largest absolute Gasteiger partial charge is 0.0928 e. The molecule has 0 fully saturated rings. The molecular weight excluding hydrogens is 467 g/mol. The summed E-state index contributed by atoms with van der Waals surface area (Å²) in [5.74, 6) is 0. The molecule has 0 aliphatic carbocycles. The molecule has 0 radical (unpaired) electrons. The first kappa shape index (κ1) is 19.7. The quantitative estimate of drug-likeness (QED) is 0.143. The molecule has 0 aliphatic heterocycles. The summed E-state index contributed by atoms with van der Waals surface area (Å²) in [6, 6.07) is 0. The van der Waals surface area contributed by atoms with E-state index in [1.807, 2.05) is 0 Å². The summed E-state index contributed by atoms with van der Waals surface area (Å²) < 4.78 is 0.853. The molecule has 0 saturated carbocycles. The first-order valence-electron chi connectivity index (χ1n) is 7.54. The zero-order valence-electron chi connectivity index (χ0n) is 11.8. The van der Waals surface area contributed by atoms with Crippen LogP contribution in [-0.2, 0) is 0 Å². The Hall–Kier alpha value is 1.69. The third-order valence-corrected chi connectivity index (χ3v) is 5.73. The van der Waals surface area contributed by atoms with E-state index in [0.717, 1.165) is 9.25 Å². The average Bonchev–Trinajstić information content (AvgIpc) is 2.32. The summed E-state index contributed by atoms with van der Waals surface area (Å²) in [7, 11) is 0. The van der Waals surface area contributed by atoms with Crippen molar-refractivity contribution < 1.29 is 0 Å². The van der Waals surface area contributed by atoms with Gasteiger partial charge in [0.1, 0.15) is 0 Å². The monoisotopic (exact) mass is 494 g/mol. The lowest BCUT2D eigenvalue weighted by Gasteiger charge is -2.13. The van der Waals surface area contributed by atoms with Crippen molar-refractivity contribution in [3.8, 4) is 0 Å². The molecule has 2 unspecified atom stereocenters. The van der Waals surface area contributed by atoms with Crippen LogP contribution in [0.4, 0.5) is 0 Å². The van der Waals surface area contributed by atoms with Crippen molar-refractivity contribution in [3.05, 3.63) is 0 Å². The second-order valence-electron chi connectivity index (χ2n) is 5.17. The van der Waals surface area contributed by atoms with Crippen LogP contribution < -0.4 is 0 Å². The van der Waals surface area contributed by atoms with Gasteiger partial charge in [-0.2, -0.15) is 0 Å². The Bertz CT molecular complexity index is 165. The number of hydrogen-bond donors (Lipinski definition) is 0. The van der Waals surface area contributed by atoms with Crippen LogP contribution in [0.3, 0.4) is 0 Å². The predicted octanol–water partition coefficient (Wildman–Crippen LogP) is 7.26. The van der Waals surface area contributed by atoms with Crippen molar-refractivity contribution in [3.63, 3.8) is 0 Å². The summed E-state index contributed by atoms with van der Waals surface area (Å²) in [6.07, 6.45) is 15.4. The first-order valence-corrected chi connectivity index (χ1v) is 10.8. The van der Waals surface area contributed by atoms with E-state index in [1.54, 1.807) is 0 Å². The molecule has 0 spiro atoms. The van der Waals surface area contributed by atoms with Crippen LogP contribution >= 0.6 is 54.5 Å². The third-order valence-electron chi connectivity index (χ3n) is 3.30. The third kappa shape index (κ3) is 14.1. The van der Waals surface area contributed by atoms with Crippen LogP contribution in [0.15, 0.2) is 0 Å². The van der Waals surface area contributed by atoms with Crippen molar-refractivity contribution in [2.24, 2.45) is 0 Å². The zero-order valence-corrected chi connectivity index (χ0v) is 17.1. The van der Waals surface area contributed by atoms with Crippen LogP contribution in [0.2, 0.25) is 0 Å². The molecule has 0 aromatic carbocycles. The minimum Gasteiger partial charge on any atom is -0.0928 e. The zero-order chi connectivity index (χ0) is 13.6. The molecule has 0 bridgehead atoms. The Morgan fingerprint density at radius 2 is 1.44 bits per heavy atom. The van der Waals surface area contributed by atoms with Crippen molar-refractivity contribution in [2.45, 2.75) is 86.3 Å². The van der Waals surface area contributed by atoms with Gasteiger partial charge in [0.05, 0.1) is 0 Å². The lowest BCUT2D eigenvalue weighted by molar-refractivity contribution is 0.556. The fourth-order valence-corrected chi connectivity index (χ4v) is 5.73. The van der Waals surface area contributed by atoms with E-state index in [4.69, 9.17) is 0 Å². The summed E-state index contributed by atoms with van der Waals surface area (Å²) in [5.41, 5.74) is 0. The molecule has 0 aromatic rings. The number of unbranched alkanes of at least 4 members (excludes halogenated alkanes) is 7. The second kappa shape index (κ2) is 15.1. The molecule has 3 heteroatoms. The second-order valence-corrected chi connectivity index (χ2v) is 9.02. The molecule has 0 amide bonds. The first-order chi connectivity index (χ1) is 8.70. The molecule has 0 heterocycles. The van der Waals surface area contributed by atoms with Crippen molar-refractivity contribution in [1.82, 2.24) is 0 Å². The van der Waals surface area contributed by atoms with Gasteiger partial charge in [-0.3, -0.25) is 0 Å². The molecule has 110 valence electrons. The molecule has 0 N–H and O–H groups in total. The smallest absolute Gasteiger partial charge is 0.0163 e. The Morgan fingerprint density at radius 1 is 0.889 bits per heavy atom. The van der Waals surface area contributed by atoms with Gasteiger partial charge in [0, 0.05) is 14.1 Å². The Morgan fingerprint density at radius 3 is 2.00 bits per heavy atom. The van der Waals surface area contributed by atoms with Crippen molar-refractivity contribution >= 4 is 54.5 Å². The van der Waals surface area contributed by atoms with E-state index in [-0.39, 0.29) is 0 Å². The Labute approximate surface area is 145 Å². The van der Waals surface area contributed by atoms with Gasteiger partial charge < -0.3 is 0 Å². The molecule has 0 aliphatic rings. The number of alkyl halides is 3. The molecule has 18 heavy (non-hydrogen) atoms. The van der Waals surface area contributed by atoms with Crippen LogP contribution in [0.1, 0.15) is 77.6 Å². The van der Waals surface area contributed by atoms with Gasteiger partial charge in [-0.05, 0) is 19.3 Å². The van der Waals surface area contributed by atoms with E-state index < -0.39 is 0 Å². The van der Waals surface area contributed by atoms with Gasteiger partial charge in [-0.1, -0.05) is 113 Å². The van der Waals surface area contributed by atoms with Crippen LogP contribution in [-0.4, -0.2) is 14.1 Å². The summed E-state index contributed by atoms with van der Waals surface area (Å²) in [5, 5.41) is 1.12. The molecule has 0 rings (SSSR count). The van der Waals surface area contributed by atoms with Crippen LogP contribution in [0.25, 0.3) is 0 Å². The van der Waals surface area contributed by atoms with Crippen molar-refractivity contribution in [1.29, 1.82) is 0 Å². The lowest BCUT2D eigenvalue weighted by atomic mass is 10.0. The normalized spacial score (nSPS) is 14.7. The lowest BCUT2D eigenvalue weighted by Crippen LogP contribution is -2.08. The molecule has 0 aromatic heterocycles. The van der Waals surface area contributed by atoms with Gasteiger partial charge in [0.2, 0.25) is 0 Å². The standard InChI is InChI=1S/C15H29Br2I/c1-2-3-4-5-6-7-8-9-10-15(18)13-14(17)11-12-16/h14-15H,2-13H2,1H3. The van der Waals surface area contributed by atoms with E-state index in [1.165, 1.54) is 70.6 Å². The number of hydrogen-bond acceptors (Lipinski definition) is 0. The number of rotatable bonds is 13. The highest BCUT2D eigenvalue weighted by atomic mass is 127. The van der Waals surface area contributed by atoms with Crippen molar-refractivity contribution in [2.75, 3.05) is 5.33 Å². The molecule has 0 saturated heterocycles. The maximum Gasteiger partial charge on any atom is 0.0163 e. The van der Waals surface area contributed by atoms with Gasteiger partial charge in [-0.25, -0.2) is 0 Å². The maximum atomic E-state index is 3.76. The van der Waals surface area contributed by atoms with E-state index in [9.17, 15) is 0 Å². The minimum atomic E-state index is 0.702. The number of halogens is 3. The van der Waals surface area contributed by atoms with Crippen LogP contribution in [0, 0.1) is 0 Å². The SMILES string of the molecule is CCCCCCCCCCC(I)CC(Br)CCBr. The predicted molar refractivity (Wildman–Crippen MR) is 101 cm³/mol. The maximum absolute atomic E-state index is 3.76. The average molecular weight is 496 g/mol. The van der Waals surface area contributed by atoms with Crippen LogP contribution in [0.5, 0.6) is 0 Å². The molecule has 0 nitrogen and oxygen atoms in total. The molecular formula is C15H29Br2I. The van der Waals surface area contributed by atoms with E-state index in [2.05, 4.69) is 61.4 Å².